The summed E-state index contributed by atoms with van der Waals surface area (Å²) in [6.45, 7) is 4.97. The van der Waals surface area contributed by atoms with Crippen molar-refractivity contribution in [3.63, 3.8) is 0 Å². The maximum absolute atomic E-state index is 12.2. The molecule has 130 valence electrons. The van der Waals surface area contributed by atoms with E-state index >= 15 is 0 Å². The third kappa shape index (κ3) is 4.04. The molecule has 5 nitrogen and oxygen atoms in total. The van der Waals surface area contributed by atoms with Gasteiger partial charge >= 0.3 is 0 Å². The Hall–Kier alpha value is -1.69. The number of carbonyl (C=O) groups excluding carboxylic acids is 1. The molecule has 24 heavy (non-hydrogen) atoms. The molecule has 6 heteroatoms. The molecule has 2 aromatic heterocycles. The lowest BCUT2D eigenvalue weighted by molar-refractivity contribution is -0.122. The number of carbonyl (C=O) groups is 1. The fourth-order valence-electron chi connectivity index (χ4n) is 3.32. The molecule has 1 amide bonds. The standard InChI is InChI=1S/C18H26N4OS/c1-3-13-10-14-17(20-11-21-18(14)24-13)19-9-8-16(23)22-15-7-5-4-6-12(15)2/h10-12,15H,3-9H2,1-2H3,(H,22,23)(H,19,20,21). The van der Waals surface area contributed by atoms with Crippen LogP contribution in [0.15, 0.2) is 12.4 Å². The van der Waals surface area contributed by atoms with Crippen molar-refractivity contribution >= 4 is 33.3 Å². The lowest BCUT2D eigenvalue weighted by Gasteiger charge is -2.29. The SMILES string of the molecule is CCc1cc2c(NCCC(=O)NC3CCCCC3C)ncnc2s1. The zero-order valence-electron chi connectivity index (χ0n) is 14.5. The number of nitrogens with one attached hydrogen (secondary N) is 2. The molecule has 1 aliphatic rings. The first-order valence-corrected chi connectivity index (χ1v) is 9.75. The van der Waals surface area contributed by atoms with Crippen molar-refractivity contribution in [1.82, 2.24) is 15.3 Å². The van der Waals surface area contributed by atoms with Crippen molar-refractivity contribution in [2.24, 2.45) is 5.92 Å². The van der Waals surface area contributed by atoms with Crippen LogP contribution in [-0.4, -0.2) is 28.5 Å². The van der Waals surface area contributed by atoms with Crippen LogP contribution in [0.3, 0.4) is 0 Å². The van der Waals surface area contributed by atoms with Gasteiger partial charge in [-0.25, -0.2) is 9.97 Å². The zero-order valence-corrected chi connectivity index (χ0v) is 15.3. The number of nitrogens with zero attached hydrogens (tertiary/aromatic N) is 2. The molecule has 0 spiro atoms. The number of fused-ring (bicyclic) bond motifs is 1. The van der Waals surface area contributed by atoms with Crippen LogP contribution >= 0.6 is 11.3 Å². The first-order valence-electron chi connectivity index (χ1n) is 8.94. The number of rotatable bonds is 6. The smallest absolute Gasteiger partial charge is 0.221 e. The van der Waals surface area contributed by atoms with E-state index in [1.54, 1.807) is 17.7 Å². The van der Waals surface area contributed by atoms with Crippen LogP contribution in [0.5, 0.6) is 0 Å². The van der Waals surface area contributed by atoms with E-state index in [1.807, 2.05) is 0 Å². The van der Waals surface area contributed by atoms with Gasteiger partial charge in [0, 0.05) is 23.9 Å². The Labute approximate surface area is 147 Å². The van der Waals surface area contributed by atoms with Crippen LogP contribution in [0.2, 0.25) is 0 Å². The van der Waals surface area contributed by atoms with Gasteiger partial charge in [0.15, 0.2) is 0 Å². The van der Waals surface area contributed by atoms with E-state index < -0.39 is 0 Å². The van der Waals surface area contributed by atoms with E-state index in [4.69, 9.17) is 0 Å². The molecule has 1 aliphatic carbocycles. The molecule has 2 N–H and O–H groups in total. The third-order valence-electron chi connectivity index (χ3n) is 4.83. The number of anilines is 1. The average molecular weight is 346 g/mol. The van der Waals surface area contributed by atoms with Gasteiger partial charge in [-0.3, -0.25) is 4.79 Å². The Morgan fingerprint density at radius 2 is 2.17 bits per heavy atom. The van der Waals surface area contributed by atoms with Crippen LogP contribution in [0, 0.1) is 5.92 Å². The minimum Gasteiger partial charge on any atom is -0.369 e. The zero-order chi connectivity index (χ0) is 16.9. The normalized spacial score (nSPS) is 20.9. The molecule has 0 aromatic carbocycles. The second-order valence-electron chi connectivity index (χ2n) is 6.62. The van der Waals surface area contributed by atoms with Crippen molar-refractivity contribution < 1.29 is 4.79 Å². The minimum atomic E-state index is 0.131. The maximum Gasteiger partial charge on any atom is 0.221 e. The predicted octanol–water partition coefficient (Wildman–Crippen LogP) is 3.75. The Balaban J connectivity index is 1.52. The number of hydrogen-bond acceptors (Lipinski definition) is 5. The third-order valence-corrected chi connectivity index (χ3v) is 6.02. The van der Waals surface area contributed by atoms with E-state index in [0.29, 0.717) is 24.9 Å². The summed E-state index contributed by atoms with van der Waals surface area (Å²) in [6.07, 6.45) is 7.91. The molecule has 0 radical (unpaired) electrons. The first-order chi connectivity index (χ1) is 11.7. The Bertz CT molecular complexity index is 699. The quantitative estimate of drug-likeness (QED) is 0.836. The van der Waals surface area contributed by atoms with E-state index in [-0.39, 0.29) is 5.91 Å². The number of aryl methyl sites for hydroxylation is 1. The van der Waals surface area contributed by atoms with Gasteiger partial charge in [-0.15, -0.1) is 11.3 Å². The number of hydrogen-bond donors (Lipinski definition) is 2. The fourth-order valence-corrected chi connectivity index (χ4v) is 4.26. The van der Waals surface area contributed by atoms with E-state index in [9.17, 15) is 4.79 Å². The highest BCUT2D eigenvalue weighted by Crippen LogP contribution is 2.28. The molecule has 0 saturated heterocycles. The van der Waals surface area contributed by atoms with Gasteiger partial charge in [0.2, 0.25) is 5.91 Å². The number of aromatic nitrogens is 2. The van der Waals surface area contributed by atoms with Gasteiger partial charge in [0.25, 0.3) is 0 Å². The molecule has 1 saturated carbocycles. The van der Waals surface area contributed by atoms with Crippen LogP contribution in [0.4, 0.5) is 5.82 Å². The van der Waals surface area contributed by atoms with E-state index in [2.05, 4.69) is 40.5 Å². The number of thiophene rings is 1. The monoisotopic (exact) mass is 346 g/mol. The summed E-state index contributed by atoms with van der Waals surface area (Å²) in [4.78, 5) is 23.1. The molecule has 0 aliphatic heterocycles. The molecule has 2 heterocycles. The van der Waals surface area contributed by atoms with Gasteiger partial charge in [-0.1, -0.05) is 26.7 Å². The van der Waals surface area contributed by atoms with Gasteiger partial charge in [-0.2, -0.15) is 0 Å². The van der Waals surface area contributed by atoms with Crippen molar-refractivity contribution in [3.05, 3.63) is 17.3 Å². The molecule has 2 aromatic rings. The van der Waals surface area contributed by atoms with Gasteiger partial charge in [0.05, 0.1) is 5.39 Å². The lowest BCUT2D eigenvalue weighted by atomic mass is 9.86. The Morgan fingerprint density at radius 3 is 2.96 bits per heavy atom. The van der Waals surface area contributed by atoms with Crippen LogP contribution in [0.1, 0.15) is 50.8 Å². The van der Waals surface area contributed by atoms with Crippen LogP contribution < -0.4 is 10.6 Å². The van der Waals surface area contributed by atoms with Crippen LogP contribution in [-0.2, 0) is 11.2 Å². The summed E-state index contributed by atoms with van der Waals surface area (Å²) in [5.74, 6) is 1.55. The summed E-state index contributed by atoms with van der Waals surface area (Å²) in [6, 6.07) is 2.49. The summed E-state index contributed by atoms with van der Waals surface area (Å²) in [7, 11) is 0. The average Bonchev–Trinajstić information content (AvgIpc) is 3.01. The summed E-state index contributed by atoms with van der Waals surface area (Å²) < 4.78 is 0. The molecule has 2 unspecified atom stereocenters. The highest BCUT2D eigenvalue weighted by atomic mass is 32.1. The molecular formula is C18H26N4OS. The van der Waals surface area contributed by atoms with Crippen LogP contribution in [0.25, 0.3) is 10.2 Å². The largest absolute Gasteiger partial charge is 0.369 e. The number of amides is 1. The summed E-state index contributed by atoms with van der Waals surface area (Å²) >= 11 is 1.70. The van der Waals surface area contributed by atoms with Crippen molar-refractivity contribution in [1.29, 1.82) is 0 Å². The highest BCUT2D eigenvalue weighted by molar-refractivity contribution is 7.18. The van der Waals surface area contributed by atoms with Crippen molar-refractivity contribution in [2.45, 2.75) is 58.4 Å². The predicted molar refractivity (Wildman–Crippen MR) is 99.5 cm³/mol. The summed E-state index contributed by atoms with van der Waals surface area (Å²) in [5.41, 5.74) is 0. The molecule has 2 atom stereocenters. The minimum absolute atomic E-state index is 0.131. The maximum atomic E-state index is 12.2. The molecule has 1 fully saturated rings. The van der Waals surface area contributed by atoms with Crippen molar-refractivity contribution in [2.75, 3.05) is 11.9 Å². The van der Waals surface area contributed by atoms with Gasteiger partial charge in [0.1, 0.15) is 17.0 Å². The second-order valence-corrected chi connectivity index (χ2v) is 7.74. The topological polar surface area (TPSA) is 66.9 Å². The first kappa shape index (κ1) is 17.1. The molecule has 0 bridgehead atoms. The fraction of sp³-hybridized carbons (Fsp3) is 0.611. The second kappa shape index (κ2) is 7.92. The van der Waals surface area contributed by atoms with Gasteiger partial charge < -0.3 is 10.6 Å². The molecule has 3 rings (SSSR count). The van der Waals surface area contributed by atoms with E-state index in [0.717, 1.165) is 28.9 Å². The molecular weight excluding hydrogens is 320 g/mol. The lowest BCUT2D eigenvalue weighted by Crippen LogP contribution is -2.41. The summed E-state index contributed by atoms with van der Waals surface area (Å²) in [5, 5.41) is 7.55. The van der Waals surface area contributed by atoms with Crippen molar-refractivity contribution in [3.8, 4) is 0 Å². The van der Waals surface area contributed by atoms with E-state index in [1.165, 1.54) is 24.1 Å². The highest BCUT2D eigenvalue weighted by Gasteiger charge is 2.22. The Morgan fingerprint density at radius 1 is 1.33 bits per heavy atom. The Kier molecular flexibility index (Phi) is 5.66. The van der Waals surface area contributed by atoms with Gasteiger partial charge in [-0.05, 0) is 31.2 Å².